The molecule has 0 saturated heterocycles. The highest BCUT2D eigenvalue weighted by Crippen LogP contribution is 2.28. The van der Waals surface area contributed by atoms with E-state index in [1.807, 2.05) is 14.0 Å². The van der Waals surface area contributed by atoms with Gasteiger partial charge in [-0.15, -0.1) is 0 Å². The Morgan fingerprint density at radius 3 is 2.35 bits per heavy atom. The van der Waals surface area contributed by atoms with E-state index >= 15 is 0 Å². The summed E-state index contributed by atoms with van der Waals surface area (Å²) in [6, 6.07) is 0.213. The molecule has 0 amide bonds. The normalized spacial score (nSPS) is 15.4. The van der Waals surface area contributed by atoms with Gasteiger partial charge in [0.2, 0.25) is 0 Å². The molecular weight excluding hydrogens is 274 g/mol. The Labute approximate surface area is 127 Å². The third-order valence-electron chi connectivity index (χ3n) is 3.63. The van der Waals surface area contributed by atoms with Crippen LogP contribution in [0, 0.1) is 12.3 Å². The number of hydrogen-bond acceptors (Lipinski definition) is 3. The molecule has 0 bridgehead atoms. The summed E-state index contributed by atoms with van der Waals surface area (Å²) in [5, 5.41) is 8.64. The van der Waals surface area contributed by atoms with Crippen LogP contribution in [-0.2, 0) is 18.2 Å². The number of rotatable bonds is 6. The first-order chi connectivity index (χ1) is 9.22. The number of nitrogens with one attached hydrogen (secondary N) is 1. The van der Waals surface area contributed by atoms with Crippen molar-refractivity contribution in [1.29, 1.82) is 0 Å². The zero-order valence-corrected chi connectivity index (χ0v) is 14.5. The molecule has 1 rings (SSSR count). The predicted molar refractivity (Wildman–Crippen MR) is 84.4 cm³/mol. The van der Waals surface area contributed by atoms with E-state index in [4.69, 9.17) is 16.3 Å². The molecule has 0 spiro atoms. The molecule has 1 aromatic heterocycles. The van der Waals surface area contributed by atoms with Crippen molar-refractivity contribution in [3.8, 4) is 0 Å². The van der Waals surface area contributed by atoms with Crippen molar-refractivity contribution in [2.45, 2.75) is 53.2 Å². The number of halogens is 1. The summed E-state index contributed by atoms with van der Waals surface area (Å²) < 4.78 is 7.49. The number of methoxy groups -OCH3 is 1. The average molecular weight is 302 g/mol. The van der Waals surface area contributed by atoms with E-state index in [1.54, 1.807) is 11.8 Å². The van der Waals surface area contributed by atoms with Crippen LogP contribution in [0.3, 0.4) is 0 Å². The summed E-state index contributed by atoms with van der Waals surface area (Å²) in [6.07, 6.45) is 0.931. The van der Waals surface area contributed by atoms with E-state index in [0.717, 1.165) is 24.2 Å². The van der Waals surface area contributed by atoms with Crippen molar-refractivity contribution in [2.24, 2.45) is 12.5 Å². The number of likely N-dealkylation sites (N-methyl/N-ethyl adjacent to an activating group) is 1. The van der Waals surface area contributed by atoms with Gasteiger partial charge in [0, 0.05) is 25.8 Å². The van der Waals surface area contributed by atoms with Gasteiger partial charge in [-0.1, -0.05) is 39.3 Å². The van der Waals surface area contributed by atoms with Crippen LogP contribution in [-0.4, -0.2) is 35.6 Å². The maximum atomic E-state index is 6.35. The summed E-state index contributed by atoms with van der Waals surface area (Å²) in [7, 11) is 3.65. The Kier molecular flexibility index (Phi) is 6.05. The lowest BCUT2D eigenvalue weighted by Crippen LogP contribution is -2.49. The van der Waals surface area contributed by atoms with E-state index in [1.165, 1.54) is 0 Å². The Morgan fingerprint density at radius 1 is 1.40 bits per heavy atom. The van der Waals surface area contributed by atoms with Crippen LogP contribution < -0.4 is 5.32 Å². The summed E-state index contributed by atoms with van der Waals surface area (Å²) in [5.41, 5.74) is 2.15. The van der Waals surface area contributed by atoms with Gasteiger partial charge in [-0.3, -0.25) is 4.68 Å². The molecule has 2 atom stereocenters. The second-order valence-corrected chi connectivity index (χ2v) is 6.73. The zero-order chi connectivity index (χ0) is 15.5. The molecule has 2 unspecified atom stereocenters. The van der Waals surface area contributed by atoms with Crippen molar-refractivity contribution in [2.75, 3.05) is 13.7 Å². The highest BCUT2D eigenvalue weighted by molar-refractivity contribution is 6.30. The standard InChI is InChI=1S/C15H28ClN3O/c1-8-17-12(13(20-7)15(3,4)5)9-11-10(2)18-19(6)14(11)16/h12-13,17H,8-9H2,1-7H3. The molecule has 0 aliphatic carbocycles. The molecule has 1 N–H and O–H groups in total. The lowest BCUT2D eigenvalue weighted by Gasteiger charge is -2.36. The van der Waals surface area contributed by atoms with E-state index in [0.29, 0.717) is 5.15 Å². The summed E-state index contributed by atoms with van der Waals surface area (Å²) in [5.74, 6) is 0. The Morgan fingerprint density at radius 2 is 2.00 bits per heavy atom. The lowest BCUT2D eigenvalue weighted by molar-refractivity contribution is -0.0106. The highest BCUT2D eigenvalue weighted by atomic mass is 35.5. The zero-order valence-electron chi connectivity index (χ0n) is 13.7. The van der Waals surface area contributed by atoms with Crippen LogP contribution in [0.1, 0.15) is 39.0 Å². The van der Waals surface area contributed by atoms with E-state index in [9.17, 15) is 0 Å². The van der Waals surface area contributed by atoms with E-state index in [-0.39, 0.29) is 17.6 Å². The molecule has 0 fully saturated rings. The molecule has 1 heterocycles. The van der Waals surface area contributed by atoms with Crippen LogP contribution in [0.4, 0.5) is 0 Å². The molecule has 0 saturated carbocycles. The number of ether oxygens (including phenoxy) is 1. The van der Waals surface area contributed by atoms with Gasteiger partial charge in [0.15, 0.2) is 0 Å². The molecule has 0 aromatic carbocycles. The second-order valence-electron chi connectivity index (χ2n) is 6.37. The Bertz CT molecular complexity index is 437. The minimum absolute atomic E-state index is 0.0597. The first-order valence-corrected chi connectivity index (χ1v) is 7.54. The van der Waals surface area contributed by atoms with Crippen LogP contribution in [0.25, 0.3) is 0 Å². The molecule has 1 aromatic rings. The largest absolute Gasteiger partial charge is 0.379 e. The number of nitrogens with zero attached hydrogens (tertiary/aromatic N) is 2. The first-order valence-electron chi connectivity index (χ1n) is 7.16. The first kappa shape index (κ1) is 17.5. The summed E-state index contributed by atoms with van der Waals surface area (Å²) in [6.45, 7) is 11.6. The smallest absolute Gasteiger partial charge is 0.130 e. The molecule has 5 heteroatoms. The number of aryl methyl sites for hydroxylation is 2. The Balaban J connectivity index is 3.02. The van der Waals surface area contributed by atoms with Crippen LogP contribution in [0.2, 0.25) is 5.15 Å². The van der Waals surface area contributed by atoms with Gasteiger partial charge in [-0.2, -0.15) is 5.10 Å². The maximum Gasteiger partial charge on any atom is 0.130 e. The fourth-order valence-electron chi connectivity index (χ4n) is 2.80. The van der Waals surface area contributed by atoms with Crippen molar-refractivity contribution < 1.29 is 4.74 Å². The maximum absolute atomic E-state index is 6.35. The third-order valence-corrected chi connectivity index (χ3v) is 4.11. The fraction of sp³-hybridized carbons (Fsp3) is 0.800. The molecule has 0 aliphatic heterocycles. The van der Waals surface area contributed by atoms with Crippen molar-refractivity contribution in [1.82, 2.24) is 15.1 Å². The van der Waals surface area contributed by atoms with Gasteiger partial charge in [-0.05, 0) is 25.3 Å². The predicted octanol–water partition coefficient (Wildman–Crippen LogP) is 2.96. The minimum Gasteiger partial charge on any atom is -0.379 e. The molecule has 0 aliphatic rings. The van der Waals surface area contributed by atoms with Gasteiger partial charge >= 0.3 is 0 Å². The number of aromatic nitrogens is 2. The van der Waals surface area contributed by atoms with Gasteiger partial charge in [-0.25, -0.2) is 0 Å². The molecule has 20 heavy (non-hydrogen) atoms. The average Bonchev–Trinajstić information content (AvgIpc) is 2.55. The van der Waals surface area contributed by atoms with E-state index < -0.39 is 0 Å². The van der Waals surface area contributed by atoms with Gasteiger partial charge in [0.1, 0.15) is 5.15 Å². The van der Waals surface area contributed by atoms with Crippen molar-refractivity contribution in [3.05, 3.63) is 16.4 Å². The van der Waals surface area contributed by atoms with Crippen LogP contribution in [0.15, 0.2) is 0 Å². The SMILES string of the molecule is CCNC(Cc1c(C)nn(C)c1Cl)C(OC)C(C)(C)C. The third kappa shape index (κ3) is 3.96. The van der Waals surface area contributed by atoms with Crippen LogP contribution >= 0.6 is 11.6 Å². The van der Waals surface area contributed by atoms with E-state index in [2.05, 4.69) is 38.1 Å². The molecule has 0 radical (unpaired) electrons. The highest BCUT2D eigenvalue weighted by Gasteiger charge is 2.33. The molecular formula is C15H28ClN3O. The fourth-order valence-corrected chi connectivity index (χ4v) is 3.05. The lowest BCUT2D eigenvalue weighted by atomic mass is 9.82. The molecule has 116 valence electrons. The van der Waals surface area contributed by atoms with Gasteiger partial charge < -0.3 is 10.1 Å². The Hall–Kier alpha value is -0.580. The minimum atomic E-state index is 0.0597. The summed E-state index contributed by atoms with van der Waals surface area (Å²) in [4.78, 5) is 0. The molecule has 4 nitrogen and oxygen atoms in total. The monoisotopic (exact) mass is 301 g/mol. The quantitative estimate of drug-likeness (QED) is 0.878. The van der Waals surface area contributed by atoms with Gasteiger partial charge in [0.05, 0.1) is 11.8 Å². The summed E-state index contributed by atoms with van der Waals surface area (Å²) >= 11 is 6.35. The van der Waals surface area contributed by atoms with Crippen molar-refractivity contribution in [3.63, 3.8) is 0 Å². The van der Waals surface area contributed by atoms with Crippen molar-refractivity contribution >= 4 is 11.6 Å². The second kappa shape index (κ2) is 6.92. The topological polar surface area (TPSA) is 39.1 Å². The van der Waals surface area contributed by atoms with Gasteiger partial charge in [0.25, 0.3) is 0 Å². The number of hydrogen-bond donors (Lipinski definition) is 1. The van der Waals surface area contributed by atoms with Crippen LogP contribution in [0.5, 0.6) is 0 Å².